The predicted molar refractivity (Wildman–Crippen MR) is 75.8 cm³/mol. The normalized spacial score (nSPS) is 10.3. The zero-order valence-electron chi connectivity index (χ0n) is 11.9. The monoisotopic (exact) mass is 269 g/mol. The van der Waals surface area contributed by atoms with Gasteiger partial charge in [0.15, 0.2) is 0 Å². The number of aromatic carboxylic acids is 1. The minimum Gasteiger partial charge on any atom is -0.545 e. The Morgan fingerprint density at radius 2 is 1.60 bits per heavy atom. The molecule has 0 aliphatic rings. The molecule has 0 atom stereocenters. The minimum atomic E-state index is -1.16. The van der Waals surface area contributed by atoms with Crippen molar-refractivity contribution in [3.63, 3.8) is 0 Å². The number of hydrogen-bond acceptors (Lipinski definition) is 3. The first-order chi connectivity index (χ1) is 9.49. The maximum atomic E-state index is 10.7. The van der Waals surface area contributed by atoms with Gasteiger partial charge in [-0.1, -0.05) is 36.4 Å². The lowest BCUT2D eigenvalue weighted by molar-refractivity contribution is -0.255. The second-order valence-corrected chi connectivity index (χ2v) is 4.93. The summed E-state index contributed by atoms with van der Waals surface area (Å²) in [5.74, 6) is -0.267. The first kappa shape index (κ1) is 14.1. The molecule has 0 aliphatic carbocycles. The van der Waals surface area contributed by atoms with Crippen molar-refractivity contribution in [1.29, 1.82) is 0 Å². The van der Waals surface area contributed by atoms with Gasteiger partial charge in [0, 0.05) is 0 Å². The van der Waals surface area contributed by atoms with Gasteiger partial charge in [-0.2, -0.15) is 0 Å². The molecule has 0 N–H and O–H groups in total. The van der Waals surface area contributed by atoms with E-state index in [2.05, 4.69) is 13.0 Å². The van der Waals surface area contributed by atoms with Crippen LogP contribution in [0.3, 0.4) is 0 Å². The molecular formula is C17H17O3-. The molecule has 0 aliphatic heterocycles. The number of carbonyl (C=O) groups excluding carboxylic acids is 1. The van der Waals surface area contributed by atoms with Crippen LogP contribution in [0.4, 0.5) is 0 Å². The Kier molecular flexibility index (Phi) is 4.08. The summed E-state index contributed by atoms with van der Waals surface area (Å²) >= 11 is 0. The Morgan fingerprint density at radius 1 is 1.00 bits per heavy atom. The first-order valence-electron chi connectivity index (χ1n) is 6.49. The van der Waals surface area contributed by atoms with E-state index in [-0.39, 0.29) is 5.56 Å². The van der Waals surface area contributed by atoms with E-state index in [1.807, 2.05) is 19.9 Å². The van der Waals surface area contributed by atoms with Crippen LogP contribution < -0.4 is 9.84 Å². The number of hydrogen-bond donors (Lipinski definition) is 0. The van der Waals surface area contributed by atoms with Crippen LogP contribution in [0, 0.1) is 20.8 Å². The predicted octanol–water partition coefficient (Wildman–Crippen LogP) is 2.55. The Labute approximate surface area is 118 Å². The van der Waals surface area contributed by atoms with E-state index in [9.17, 15) is 9.90 Å². The van der Waals surface area contributed by atoms with Crippen molar-refractivity contribution in [3.8, 4) is 5.75 Å². The van der Waals surface area contributed by atoms with Crippen LogP contribution in [0.1, 0.15) is 32.6 Å². The van der Waals surface area contributed by atoms with Crippen LogP contribution in [0.5, 0.6) is 5.75 Å². The van der Waals surface area contributed by atoms with Gasteiger partial charge in [0.1, 0.15) is 12.4 Å². The van der Waals surface area contributed by atoms with Gasteiger partial charge in [0.05, 0.1) is 5.97 Å². The quantitative estimate of drug-likeness (QED) is 0.857. The van der Waals surface area contributed by atoms with Crippen LogP contribution in [0.2, 0.25) is 0 Å². The van der Waals surface area contributed by atoms with Gasteiger partial charge in [-0.15, -0.1) is 0 Å². The molecule has 2 rings (SSSR count). The number of benzene rings is 2. The number of carboxylic acids is 1. The molecule has 0 saturated carbocycles. The summed E-state index contributed by atoms with van der Waals surface area (Å²) in [6.07, 6.45) is 0. The molecule has 0 unspecified atom stereocenters. The van der Waals surface area contributed by atoms with Crippen LogP contribution in [-0.4, -0.2) is 5.97 Å². The summed E-state index contributed by atoms with van der Waals surface area (Å²) in [7, 11) is 0. The molecule has 20 heavy (non-hydrogen) atoms. The van der Waals surface area contributed by atoms with Crippen molar-refractivity contribution in [2.24, 2.45) is 0 Å². The molecule has 0 heterocycles. The zero-order valence-corrected chi connectivity index (χ0v) is 11.9. The largest absolute Gasteiger partial charge is 0.545 e. The van der Waals surface area contributed by atoms with Crippen molar-refractivity contribution >= 4 is 5.97 Å². The fourth-order valence-corrected chi connectivity index (χ4v) is 2.04. The Bertz CT molecular complexity index is 627. The highest BCUT2D eigenvalue weighted by Gasteiger charge is 2.06. The van der Waals surface area contributed by atoms with E-state index in [1.165, 1.54) is 17.7 Å². The Hall–Kier alpha value is -2.29. The third-order valence-electron chi connectivity index (χ3n) is 3.45. The molecular weight excluding hydrogens is 252 g/mol. The molecule has 0 fully saturated rings. The number of carbonyl (C=O) groups is 1. The van der Waals surface area contributed by atoms with Crippen molar-refractivity contribution in [2.75, 3.05) is 0 Å². The number of aryl methyl sites for hydroxylation is 2. The van der Waals surface area contributed by atoms with Gasteiger partial charge in [-0.25, -0.2) is 0 Å². The van der Waals surface area contributed by atoms with Gasteiger partial charge in [0.25, 0.3) is 0 Å². The molecule has 0 amide bonds. The van der Waals surface area contributed by atoms with Gasteiger partial charge < -0.3 is 14.6 Å². The van der Waals surface area contributed by atoms with Gasteiger partial charge in [-0.3, -0.25) is 0 Å². The summed E-state index contributed by atoms with van der Waals surface area (Å²) in [5, 5.41) is 10.7. The van der Waals surface area contributed by atoms with Crippen LogP contribution in [0.25, 0.3) is 0 Å². The maximum Gasteiger partial charge on any atom is 0.125 e. The van der Waals surface area contributed by atoms with Crippen LogP contribution in [0.15, 0.2) is 36.4 Å². The number of rotatable bonds is 4. The average Bonchev–Trinajstić information content (AvgIpc) is 2.43. The number of carboxylic acid groups (broad SMARTS) is 1. The average molecular weight is 269 g/mol. The Balaban J connectivity index is 2.13. The molecule has 3 nitrogen and oxygen atoms in total. The smallest absolute Gasteiger partial charge is 0.125 e. The molecule has 0 bridgehead atoms. The SMILES string of the molecule is Cc1ccc(C)c(OCc2ccc(C(=O)[O-])cc2)c1C. The lowest BCUT2D eigenvalue weighted by Crippen LogP contribution is -2.22. The van der Waals surface area contributed by atoms with Crippen LogP contribution >= 0.6 is 0 Å². The van der Waals surface area contributed by atoms with Crippen molar-refractivity contribution in [1.82, 2.24) is 0 Å². The number of ether oxygens (including phenoxy) is 1. The topological polar surface area (TPSA) is 49.4 Å². The minimum absolute atomic E-state index is 0.177. The van der Waals surface area contributed by atoms with Crippen molar-refractivity contribution < 1.29 is 14.6 Å². The van der Waals surface area contributed by atoms with E-state index < -0.39 is 5.97 Å². The van der Waals surface area contributed by atoms with Gasteiger partial charge in [-0.05, 0) is 48.6 Å². The lowest BCUT2D eigenvalue weighted by Gasteiger charge is -2.14. The fourth-order valence-electron chi connectivity index (χ4n) is 2.04. The molecule has 2 aromatic carbocycles. The summed E-state index contributed by atoms with van der Waals surface area (Å²) in [5.41, 5.74) is 4.53. The van der Waals surface area contributed by atoms with E-state index >= 15 is 0 Å². The second kappa shape index (κ2) is 5.78. The van der Waals surface area contributed by atoms with E-state index in [1.54, 1.807) is 12.1 Å². The third kappa shape index (κ3) is 2.99. The van der Waals surface area contributed by atoms with Crippen molar-refractivity contribution in [2.45, 2.75) is 27.4 Å². The molecule has 0 spiro atoms. The summed E-state index contributed by atoms with van der Waals surface area (Å²) < 4.78 is 5.87. The molecule has 104 valence electrons. The van der Waals surface area contributed by atoms with E-state index in [0.717, 1.165) is 22.4 Å². The standard InChI is InChI=1S/C17H18O3/c1-11-4-5-12(2)16(13(11)3)20-10-14-6-8-15(9-7-14)17(18)19/h4-9H,10H2,1-3H3,(H,18,19)/p-1. The molecule has 3 heteroatoms. The molecule has 0 saturated heterocycles. The zero-order chi connectivity index (χ0) is 14.7. The third-order valence-corrected chi connectivity index (χ3v) is 3.45. The Morgan fingerprint density at radius 3 is 2.20 bits per heavy atom. The summed E-state index contributed by atoms with van der Waals surface area (Å²) in [4.78, 5) is 10.7. The highest BCUT2D eigenvalue weighted by molar-refractivity contribution is 5.85. The van der Waals surface area contributed by atoms with Gasteiger partial charge >= 0.3 is 0 Å². The molecule has 0 radical (unpaired) electrons. The van der Waals surface area contributed by atoms with Gasteiger partial charge in [0.2, 0.25) is 0 Å². The van der Waals surface area contributed by atoms with E-state index in [0.29, 0.717) is 6.61 Å². The van der Waals surface area contributed by atoms with Crippen molar-refractivity contribution in [3.05, 3.63) is 64.2 Å². The first-order valence-corrected chi connectivity index (χ1v) is 6.49. The van der Waals surface area contributed by atoms with E-state index in [4.69, 9.17) is 4.74 Å². The fraction of sp³-hybridized carbons (Fsp3) is 0.235. The molecule has 0 aromatic heterocycles. The summed E-state index contributed by atoms with van der Waals surface area (Å²) in [6, 6.07) is 10.7. The summed E-state index contributed by atoms with van der Waals surface area (Å²) in [6.45, 7) is 6.52. The maximum absolute atomic E-state index is 10.7. The van der Waals surface area contributed by atoms with Crippen LogP contribution in [-0.2, 0) is 6.61 Å². The second-order valence-electron chi connectivity index (χ2n) is 4.93. The highest BCUT2D eigenvalue weighted by Crippen LogP contribution is 2.26. The highest BCUT2D eigenvalue weighted by atomic mass is 16.5. The molecule has 2 aromatic rings. The lowest BCUT2D eigenvalue weighted by atomic mass is 10.1.